The van der Waals surface area contributed by atoms with Crippen molar-refractivity contribution in [1.82, 2.24) is 0 Å². The van der Waals surface area contributed by atoms with Gasteiger partial charge < -0.3 is 4.74 Å². The van der Waals surface area contributed by atoms with E-state index in [1.54, 1.807) is 0 Å². The third-order valence-corrected chi connectivity index (χ3v) is 1.99. The van der Waals surface area contributed by atoms with Gasteiger partial charge >= 0.3 is 5.97 Å². The van der Waals surface area contributed by atoms with E-state index in [9.17, 15) is 4.79 Å². The van der Waals surface area contributed by atoms with Crippen molar-refractivity contribution in [3.05, 3.63) is 0 Å². The van der Waals surface area contributed by atoms with Crippen LogP contribution in [0, 0.1) is 0 Å². The minimum Gasteiger partial charge on any atom is -0.458 e. The van der Waals surface area contributed by atoms with Crippen molar-refractivity contribution < 1.29 is 9.53 Å². The quantitative estimate of drug-likeness (QED) is 0.471. The Balaban J connectivity index is 3.92. The van der Waals surface area contributed by atoms with Crippen LogP contribution < -0.4 is 0 Å². The van der Waals surface area contributed by atoms with E-state index in [0.29, 0.717) is 5.88 Å². The molecule has 0 saturated heterocycles. The summed E-state index contributed by atoms with van der Waals surface area (Å²) in [5.74, 6) is 0.0771. The van der Waals surface area contributed by atoms with Crippen molar-refractivity contribution in [2.45, 2.75) is 32.8 Å². The van der Waals surface area contributed by atoms with Crippen molar-refractivity contribution in [2.75, 3.05) is 5.88 Å². The number of hydrogen-bond acceptors (Lipinski definition) is 2. The SMILES string of the molecule is CCC(C)(CCl)OC(C)=O. The van der Waals surface area contributed by atoms with Crippen LogP contribution in [0.5, 0.6) is 0 Å². The van der Waals surface area contributed by atoms with Gasteiger partial charge in [0.1, 0.15) is 5.60 Å². The van der Waals surface area contributed by atoms with Crippen LogP contribution in [-0.4, -0.2) is 17.5 Å². The summed E-state index contributed by atoms with van der Waals surface area (Å²) in [6.07, 6.45) is 0.746. The second-order valence-corrected chi connectivity index (χ2v) is 2.80. The van der Waals surface area contributed by atoms with Crippen LogP contribution in [0.1, 0.15) is 27.2 Å². The number of ether oxygens (including phenoxy) is 1. The molecule has 0 aliphatic carbocycles. The van der Waals surface area contributed by atoms with Gasteiger partial charge in [0.25, 0.3) is 0 Å². The lowest BCUT2D eigenvalue weighted by Crippen LogP contribution is -2.31. The Morgan fingerprint density at radius 1 is 1.70 bits per heavy atom. The molecule has 0 radical (unpaired) electrons. The predicted octanol–water partition coefficient (Wildman–Crippen LogP) is 1.96. The van der Waals surface area contributed by atoms with Gasteiger partial charge in [0, 0.05) is 6.92 Å². The molecule has 0 aliphatic rings. The fourth-order valence-electron chi connectivity index (χ4n) is 0.541. The van der Waals surface area contributed by atoms with E-state index < -0.39 is 5.60 Å². The van der Waals surface area contributed by atoms with Crippen LogP contribution in [0.25, 0.3) is 0 Å². The first-order valence-electron chi connectivity index (χ1n) is 3.29. The zero-order valence-electron chi connectivity index (χ0n) is 6.61. The second kappa shape index (κ2) is 3.81. The van der Waals surface area contributed by atoms with E-state index in [4.69, 9.17) is 16.3 Å². The lowest BCUT2D eigenvalue weighted by Gasteiger charge is -2.24. The zero-order chi connectivity index (χ0) is 8.20. The molecule has 0 fully saturated rings. The van der Waals surface area contributed by atoms with Gasteiger partial charge in [0.05, 0.1) is 5.88 Å². The van der Waals surface area contributed by atoms with Gasteiger partial charge in [-0.05, 0) is 13.3 Å². The smallest absolute Gasteiger partial charge is 0.303 e. The lowest BCUT2D eigenvalue weighted by atomic mass is 10.1. The summed E-state index contributed by atoms with van der Waals surface area (Å²) in [7, 11) is 0. The molecule has 0 heterocycles. The maximum Gasteiger partial charge on any atom is 0.303 e. The maximum atomic E-state index is 10.5. The molecule has 2 nitrogen and oxygen atoms in total. The third-order valence-electron chi connectivity index (χ3n) is 1.42. The summed E-state index contributed by atoms with van der Waals surface area (Å²) in [5.41, 5.74) is -0.479. The average molecular weight is 165 g/mol. The van der Waals surface area contributed by atoms with Crippen molar-refractivity contribution in [1.29, 1.82) is 0 Å². The summed E-state index contributed by atoms with van der Waals surface area (Å²) in [6, 6.07) is 0. The fourth-order valence-corrected chi connectivity index (χ4v) is 0.784. The highest BCUT2D eigenvalue weighted by molar-refractivity contribution is 6.18. The second-order valence-electron chi connectivity index (χ2n) is 2.53. The van der Waals surface area contributed by atoms with Crippen LogP contribution in [0.2, 0.25) is 0 Å². The number of rotatable bonds is 3. The molecule has 10 heavy (non-hydrogen) atoms. The molecule has 1 unspecified atom stereocenters. The van der Waals surface area contributed by atoms with Gasteiger partial charge in [0.2, 0.25) is 0 Å². The molecule has 1 atom stereocenters. The molecular formula is C7H13ClO2. The average Bonchev–Trinajstić information content (AvgIpc) is 1.87. The van der Waals surface area contributed by atoms with Crippen LogP contribution in [-0.2, 0) is 9.53 Å². The van der Waals surface area contributed by atoms with Gasteiger partial charge in [-0.2, -0.15) is 0 Å². The Bertz CT molecular complexity index is 119. The molecule has 3 heteroatoms. The Morgan fingerprint density at radius 3 is 2.30 bits per heavy atom. The number of esters is 1. The summed E-state index contributed by atoms with van der Waals surface area (Å²) in [5, 5.41) is 0. The summed E-state index contributed by atoms with van der Waals surface area (Å²) in [4.78, 5) is 10.5. The fraction of sp³-hybridized carbons (Fsp3) is 0.857. The molecule has 0 aromatic carbocycles. The third kappa shape index (κ3) is 3.06. The molecule has 0 aliphatic heterocycles. The number of carbonyl (C=O) groups excluding carboxylic acids is 1. The summed E-state index contributed by atoms with van der Waals surface area (Å²) < 4.78 is 4.97. The number of hydrogen-bond donors (Lipinski definition) is 0. The molecule has 0 N–H and O–H groups in total. The highest BCUT2D eigenvalue weighted by Crippen LogP contribution is 2.16. The molecule has 0 aromatic heterocycles. The highest BCUT2D eigenvalue weighted by atomic mass is 35.5. The monoisotopic (exact) mass is 164 g/mol. The number of halogens is 1. The minimum absolute atomic E-state index is 0.273. The van der Waals surface area contributed by atoms with Crippen LogP contribution >= 0.6 is 11.6 Å². The van der Waals surface area contributed by atoms with Crippen molar-refractivity contribution in [2.24, 2.45) is 0 Å². The number of alkyl halides is 1. The Labute approximate surface area is 66.5 Å². The van der Waals surface area contributed by atoms with Crippen molar-refractivity contribution in [3.63, 3.8) is 0 Å². The first kappa shape index (κ1) is 9.76. The van der Waals surface area contributed by atoms with Crippen LogP contribution in [0.4, 0.5) is 0 Å². The van der Waals surface area contributed by atoms with Gasteiger partial charge in [-0.3, -0.25) is 4.79 Å². The molecule has 60 valence electrons. The molecule has 0 spiro atoms. The molecule has 0 saturated carbocycles. The Hall–Kier alpha value is -0.240. The molecule has 0 aromatic rings. The molecule has 0 amide bonds. The van der Waals surface area contributed by atoms with E-state index in [1.807, 2.05) is 13.8 Å². The van der Waals surface area contributed by atoms with Gasteiger partial charge in [-0.1, -0.05) is 6.92 Å². The van der Waals surface area contributed by atoms with Crippen LogP contribution in [0.15, 0.2) is 0 Å². The molecular weight excluding hydrogens is 152 g/mol. The maximum absolute atomic E-state index is 10.5. The van der Waals surface area contributed by atoms with Gasteiger partial charge in [-0.25, -0.2) is 0 Å². The topological polar surface area (TPSA) is 26.3 Å². The molecule has 0 rings (SSSR count). The highest BCUT2D eigenvalue weighted by Gasteiger charge is 2.23. The Kier molecular flexibility index (Phi) is 3.72. The first-order valence-corrected chi connectivity index (χ1v) is 3.83. The van der Waals surface area contributed by atoms with E-state index >= 15 is 0 Å². The van der Waals surface area contributed by atoms with E-state index in [1.165, 1.54) is 6.92 Å². The van der Waals surface area contributed by atoms with Crippen molar-refractivity contribution >= 4 is 17.6 Å². The van der Waals surface area contributed by atoms with E-state index in [0.717, 1.165) is 6.42 Å². The first-order chi connectivity index (χ1) is 4.54. The van der Waals surface area contributed by atoms with E-state index in [-0.39, 0.29) is 5.97 Å². The standard InChI is InChI=1S/C7H13ClO2/c1-4-7(3,5-8)10-6(2)9/h4-5H2,1-3H3. The largest absolute Gasteiger partial charge is 0.458 e. The Morgan fingerprint density at radius 2 is 2.20 bits per heavy atom. The van der Waals surface area contributed by atoms with E-state index in [2.05, 4.69) is 0 Å². The normalized spacial score (nSPS) is 16.0. The zero-order valence-corrected chi connectivity index (χ0v) is 7.36. The summed E-state index contributed by atoms with van der Waals surface area (Å²) >= 11 is 5.58. The van der Waals surface area contributed by atoms with Crippen LogP contribution in [0.3, 0.4) is 0 Å². The molecule has 0 bridgehead atoms. The van der Waals surface area contributed by atoms with Gasteiger partial charge in [-0.15, -0.1) is 11.6 Å². The predicted molar refractivity (Wildman–Crippen MR) is 41.2 cm³/mol. The summed E-state index contributed by atoms with van der Waals surface area (Å²) in [6.45, 7) is 5.15. The van der Waals surface area contributed by atoms with Gasteiger partial charge in [0.15, 0.2) is 0 Å². The lowest BCUT2D eigenvalue weighted by molar-refractivity contribution is -0.153. The minimum atomic E-state index is -0.479. The number of carbonyl (C=O) groups is 1. The van der Waals surface area contributed by atoms with Crippen molar-refractivity contribution in [3.8, 4) is 0 Å².